The van der Waals surface area contributed by atoms with E-state index >= 15 is 0 Å². The lowest BCUT2D eigenvalue weighted by molar-refractivity contribution is 0.102. The number of aryl methyl sites for hydroxylation is 1. The first kappa shape index (κ1) is 17.4. The topological polar surface area (TPSA) is 81.9 Å². The summed E-state index contributed by atoms with van der Waals surface area (Å²) in [5.74, 6) is 0.892. The van der Waals surface area contributed by atoms with Crippen LogP contribution in [0.5, 0.6) is 11.5 Å². The van der Waals surface area contributed by atoms with Crippen molar-refractivity contribution in [1.29, 1.82) is 0 Å². The predicted octanol–water partition coefficient (Wildman–Crippen LogP) is 4.02. The molecule has 1 amide bonds. The minimum absolute atomic E-state index is 0.261. The Hall–Kier alpha value is -4.00. The molecular weight excluding hydrogens is 354 g/mol. The Labute approximate surface area is 161 Å². The van der Waals surface area contributed by atoms with Crippen LogP contribution < -0.4 is 10.1 Å². The average molecular weight is 371 g/mol. The van der Waals surface area contributed by atoms with Crippen molar-refractivity contribution < 1.29 is 9.53 Å². The van der Waals surface area contributed by atoms with Gasteiger partial charge in [0.25, 0.3) is 5.91 Å². The predicted molar refractivity (Wildman–Crippen MR) is 105 cm³/mol. The largest absolute Gasteiger partial charge is 0.457 e. The van der Waals surface area contributed by atoms with E-state index in [0.717, 1.165) is 11.3 Å². The van der Waals surface area contributed by atoms with Gasteiger partial charge in [-0.2, -0.15) is 0 Å². The van der Waals surface area contributed by atoms with Crippen molar-refractivity contribution in [2.24, 2.45) is 0 Å². The molecule has 0 aliphatic heterocycles. The van der Waals surface area contributed by atoms with E-state index in [2.05, 4.69) is 20.8 Å². The van der Waals surface area contributed by atoms with Crippen LogP contribution in [0.4, 0.5) is 5.69 Å². The number of nitrogens with zero attached hydrogens (tertiary/aromatic N) is 4. The van der Waals surface area contributed by atoms with Crippen molar-refractivity contribution in [3.8, 4) is 17.2 Å². The van der Waals surface area contributed by atoms with Crippen LogP contribution in [-0.4, -0.2) is 26.1 Å². The summed E-state index contributed by atoms with van der Waals surface area (Å²) in [6.45, 7) is 1.92. The van der Waals surface area contributed by atoms with Gasteiger partial charge in [0.2, 0.25) is 0 Å². The molecule has 7 heteroatoms. The molecular formula is C21H17N5O2. The summed E-state index contributed by atoms with van der Waals surface area (Å²) in [4.78, 5) is 12.9. The Kier molecular flexibility index (Phi) is 4.79. The SMILES string of the molecule is Cc1ccc(-n2cnnn2)cc1NC(=O)c1ccccc1Oc1ccccc1. The minimum atomic E-state index is -0.261. The van der Waals surface area contributed by atoms with Crippen LogP contribution in [0, 0.1) is 6.92 Å². The van der Waals surface area contributed by atoms with E-state index in [0.29, 0.717) is 22.7 Å². The lowest BCUT2D eigenvalue weighted by atomic mass is 10.1. The van der Waals surface area contributed by atoms with Gasteiger partial charge in [-0.25, -0.2) is 4.68 Å². The minimum Gasteiger partial charge on any atom is -0.457 e. The number of benzene rings is 3. The molecule has 0 radical (unpaired) electrons. The van der Waals surface area contributed by atoms with Gasteiger partial charge in [0.05, 0.1) is 11.3 Å². The fourth-order valence-corrected chi connectivity index (χ4v) is 2.72. The number of hydrogen-bond donors (Lipinski definition) is 1. The molecule has 138 valence electrons. The summed E-state index contributed by atoms with van der Waals surface area (Å²) in [6.07, 6.45) is 1.50. The summed E-state index contributed by atoms with van der Waals surface area (Å²) in [5, 5.41) is 14.1. The number of hydrogen-bond acceptors (Lipinski definition) is 5. The summed E-state index contributed by atoms with van der Waals surface area (Å²) >= 11 is 0. The highest BCUT2D eigenvalue weighted by Crippen LogP contribution is 2.27. The van der Waals surface area contributed by atoms with E-state index in [1.165, 1.54) is 11.0 Å². The third-order valence-electron chi connectivity index (χ3n) is 4.19. The molecule has 0 saturated carbocycles. The summed E-state index contributed by atoms with van der Waals surface area (Å²) in [5.41, 5.74) is 2.79. The number of para-hydroxylation sites is 2. The van der Waals surface area contributed by atoms with Crippen LogP contribution in [-0.2, 0) is 0 Å². The second-order valence-electron chi connectivity index (χ2n) is 6.12. The summed E-state index contributed by atoms with van der Waals surface area (Å²) < 4.78 is 7.42. The molecule has 1 aromatic heterocycles. The van der Waals surface area contributed by atoms with Crippen LogP contribution in [0.3, 0.4) is 0 Å². The number of amides is 1. The molecule has 1 N–H and O–H groups in total. The number of anilines is 1. The molecule has 0 saturated heterocycles. The number of carbonyl (C=O) groups excluding carboxylic acids is 1. The van der Waals surface area contributed by atoms with E-state index in [1.54, 1.807) is 18.2 Å². The van der Waals surface area contributed by atoms with Gasteiger partial charge < -0.3 is 10.1 Å². The Balaban J connectivity index is 1.60. The van der Waals surface area contributed by atoms with Crippen LogP contribution in [0.1, 0.15) is 15.9 Å². The van der Waals surface area contributed by atoms with E-state index in [1.807, 2.05) is 61.5 Å². The van der Waals surface area contributed by atoms with E-state index in [4.69, 9.17) is 4.74 Å². The van der Waals surface area contributed by atoms with Gasteiger partial charge >= 0.3 is 0 Å². The van der Waals surface area contributed by atoms with Crippen molar-refractivity contribution in [2.75, 3.05) is 5.32 Å². The Morgan fingerprint density at radius 1 is 1.00 bits per heavy atom. The molecule has 0 atom stereocenters. The molecule has 7 nitrogen and oxygen atoms in total. The maximum Gasteiger partial charge on any atom is 0.259 e. The second-order valence-corrected chi connectivity index (χ2v) is 6.12. The van der Waals surface area contributed by atoms with Crippen LogP contribution in [0.25, 0.3) is 5.69 Å². The van der Waals surface area contributed by atoms with E-state index < -0.39 is 0 Å². The second kappa shape index (κ2) is 7.71. The Morgan fingerprint density at radius 2 is 1.79 bits per heavy atom. The van der Waals surface area contributed by atoms with Crippen LogP contribution >= 0.6 is 0 Å². The molecule has 0 bridgehead atoms. The number of nitrogens with one attached hydrogen (secondary N) is 1. The summed E-state index contributed by atoms with van der Waals surface area (Å²) in [6, 6.07) is 22.1. The Morgan fingerprint density at radius 3 is 2.57 bits per heavy atom. The van der Waals surface area contributed by atoms with E-state index in [9.17, 15) is 4.79 Å². The third-order valence-corrected chi connectivity index (χ3v) is 4.19. The van der Waals surface area contributed by atoms with Crippen molar-refractivity contribution >= 4 is 11.6 Å². The van der Waals surface area contributed by atoms with Crippen molar-refractivity contribution in [3.05, 3.63) is 90.3 Å². The van der Waals surface area contributed by atoms with Crippen LogP contribution in [0.2, 0.25) is 0 Å². The number of aromatic nitrogens is 4. The first-order valence-corrected chi connectivity index (χ1v) is 8.68. The summed E-state index contributed by atoms with van der Waals surface area (Å²) in [7, 11) is 0. The van der Waals surface area contributed by atoms with Gasteiger partial charge in [0.15, 0.2) is 0 Å². The zero-order valence-electron chi connectivity index (χ0n) is 15.1. The van der Waals surface area contributed by atoms with Gasteiger partial charge in [-0.1, -0.05) is 36.4 Å². The van der Waals surface area contributed by atoms with Crippen molar-refractivity contribution in [3.63, 3.8) is 0 Å². The van der Waals surface area contributed by atoms with Gasteiger partial charge in [-0.15, -0.1) is 5.10 Å². The van der Waals surface area contributed by atoms with Gasteiger partial charge in [0.1, 0.15) is 17.8 Å². The van der Waals surface area contributed by atoms with Crippen molar-refractivity contribution in [1.82, 2.24) is 20.2 Å². The van der Waals surface area contributed by atoms with Crippen molar-refractivity contribution in [2.45, 2.75) is 6.92 Å². The molecule has 0 unspecified atom stereocenters. The molecule has 0 aliphatic rings. The molecule has 4 aromatic rings. The molecule has 4 rings (SSSR count). The number of carbonyl (C=O) groups is 1. The van der Waals surface area contributed by atoms with Gasteiger partial charge in [-0.3, -0.25) is 4.79 Å². The van der Waals surface area contributed by atoms with Gasteiger partial charge in [-0.05, 0) is 59.3 Å². The monoisotopic (exact) mass is 371 g/mol. The maximum absolute atomic E-state index is 12.9. The highest BCUT2D eigenvalue weighted by atomic mass is 16.5. The molecule has 3 aromatic carbocycles. The maximum atomic E-state index is 12.9. The average Bonchev–Trinajstić information content (AvgIpc) is 3.26. The zero-order valence-corrected chi connectivity index (χ0v) is 15.1. The highest BCUT2D eigenvalue weighted by Gasteiger charge is 2.14. The normalized spacial score (nSPS) is 10.5. The first-order chi connectivity index (χ1) is 13.7. The molecule has 0 fully saturated rings. The number of rotatable bonds is 5. The standard InChI is InChI=1S/C21H17N5O2/c1-15-11-12-16(26-14-22-24-25-26)13-19(15)23-21(27)18-9-5-6-10-20(18)28-17-7-3-2-4-8-17/h2-14H,1H3,(H,23,27). The zero-order chi connectivity index (χ0) is 19.3. The molecule has 28 heavy (non-hydrogen) atoms. The first-order valence-electron chi connectivity index (χ1n) is 8.68. The molecule has 0 aliphatic carbocycles. The fourth-order valence-electron chi connectivity index (χ4n) is 2.72. The highest BCUT2D eigenvalue weighted by molar-refractivity contribution is 6.06. The lowest BCUT2D eigenvalue weighted by Gasteiger charge is -2.13. The number of ether oxygens (including phenoxy) is 1. The van der Waals surface area contributed by atoms with Crippen LogP contribution in [0.15, 0.2) is 79.1 Å². The molecule has 0 spiro atoms. The smallest absolute Gasteiger partial charge is 0.259 e. The van der Waals surface area contributed by atoms with E-state index in [-0.39, 0.29) is 5.91 Å². The molecule has 1 heterocycles. The quantitative estimate of drug-likeness (QED) is 0.573. The van der Waals surface area contributed by atoms with Gasteiger partial charge in [0, 0.05) is 5.69 Å². The number of tetrazole rings is 1. The fraction of sp³-hybridized carbons (Fsp3) is 0.0476. The Bertz CT molecular complexity index is 1100. The third kappa shape index (κ3) is 3.73. The lowest BCUT2D eigenvalue weighted by Crippen LogP contribution is -2.14.